The molecule has 1 heterocycles. The van der Waals surface area contributed by atoms with E-state index in [4.69, 9.17) is 4.74 Å². The molecule has 0 bridgehead atoms. The molecule has 218 valence electrons. The number of imide groups is 1. The van der Waals surface area contributed by atoms with Crippen molar-refractivity contribution < 1.29 is 27.5 Å². The molecule has 1 fully saturated rings. The number of urea groups is 1. The molecule has 0 unspecified atom stereocenters. The Morgan fingerprint density at radius 2 is 1.68 bits per heavy atom. The van der Waals surface area contributed by atoms with Crippen molar-refractivity contribution in [3.8, 4) is 5.75 Å². The van der Waals surface area contributed by atoms with E-state index in [1.54, 1.807) is 44.2 Å². The summed E-state index contributed by atoms with van der Waals surface area (Å²) in [6.45, 7) is 7.73. The molecule has 4 rings (SSSR count). The third kappa shape index (κ3) is 6.32. The highest BCUT2D eigenvalue weighted by atomic mass is 32.2. The maximum atomic E-state index is 13.2. The Kier molecular flexibility index (Phi) is 10.00. The van der Waals surface area contributed by atoms with Crippen LogP contribution >= 0.6 is 0 Å². The summed E-state index contributed by atoms with van der Waals surface area (Å²) in [5, 5.41) is 2.82. The SMILES string of the molecule is CC.COc1ccc2c(c1)C(=O)N(CCc1ccc(S(=O)(=O)N(C)C(=O)NC3CCCCC3)cc1)C(=O)C2(C)C. The highest BCUT2D eigenvalue weighted by Gasteiger charge is 2.44. The van der Waals surface area contributed by atoms with Gasteiger partial charge in [0, 0.05) is 25.2 Å². The summed E-state index contributed by atoms with van der Waals surface area (Å²) in [6, 6.07) is 10.7. The summed E-state index contributed by atoms with van der Waals surface area (Å²) < 4.78 is 32.0. The van der Waals surface area contributed by atoms with Gasteiger partial charge in [0.05, 0.1) is 17.4 Å². The average Bonchev–Trinajstić information content (AvgIpc) is 2.97. The number of amides is 4. The highest BCUT2D eigenvalue weighted by Crippen LogP contribution is 2.36. The van der Waals surface area contributed by atoms with Gasteiger partial charge < -0.3 is 10.1 Å². The van der Waals surface area contributed by atoms with E-state index < -0.39 is 21.5 Å². The molecule has 1 aliphatic carbocycles. The molecule has 40 heavy (non-hydrogen) atoms. The van der Waals surface area contributed by atoms with Gasteiger partial charge in [-0.1, -0.05) is 51.3 Å². The number of sulfonamides is 1. The molecule has 2 aromatic carbocycles. The number of methoxy groups -OCH3 is 1. The molecule has 9 nitrogen and oxygen atoms in total. The van der Waals surface area contributed by atoms with Gasteiger partial charge >= 0.3 is 6.03 Å². The summed E-state index contributed by atoms with van der Waals surface area (Å²) in [6.07, 6.45) is 5.24. The van der Waals surface area contributed by atoms with Crippen molar-refractivity contribution in [2.24, 2.45) is 0 Å². The normalized spacial score (nSPS) is 16.9. The van der Waals surface area contributed by atoms with Crippen LogP contribution in [0.5, 0.6) is 5.75 Å². The number of benzene rings is 2. The summed E-state index contributed by atoms with van der Waals surface area (Å²) >= 11 is 0. The number of nitrogens with zero attached hydrogens (tertiary/aromatic N) is 2. The van der Waals surface area contributed by atoms with Crippen LogP contribution in [0.3, 0.4) is 0 Å². The number of hydrogen-bond acceptors (Lipinski definition) is 6. The molecule has 1 saturated carbocycles. The fourth-order valence-electron chi connectivity index (χ4n) is 5.11. The molecule has 1 aliphatic heterocycles. The van der Waals surface area contributed by atoms with Gasteiger partial charge in [-0.05, 0) is 68.5 Å². The lowest BCUT2D eigenvalue weighted by atomic mass is 9.77. The lowest BCUT2D eigenvalue weighted by Crippen LogP contribution is -2.52. The van der Waals surface area contributed by atoms with E-state index in [-0.39, 0.29) is 29.3 Å². The molecule has 0 aromatic heterocycles. The van der Waals surface area contributed by atoms with Gasteiger partial charge in [-0.15, -0.1) is 0 Å². The quantitative estimate of drug-likeness (QED) is 0.474. The largest absolute Gasteiger partial charge is 0.497 e. The smallest absolute Gasteiger partial charge is 0.331 e. The molecule has 2 aliphatic rings. The van der Waals surface area contributed by atoms with Gasteiger partial charge in [0.15, 0.2) is 0 Å². The standard InChI is InChI=1S/C28H35N3O6S.C2H6/c1-28(2)24-15-12-21(37-4)18-23(24)25(32)31(26(28)33)17-16-19-10-13-22(14-11-19)38(35,36)30(3)27(34)29-20-8-6-5-7-9-20;1-2/h10-15,18,20H,5-9,16-17H2,1-4H3,(H,29,34);1-2H3. The number of fused-ring (bicyclic) bond motifs is 1. The molecular formula is C30H41N3O6S. The number of ether oxygens (including phenoxy) is 1. The van der Waals surface area contributed by atoms with Crippen LogP contribution in [0.15, 0.2) is 47.4 Å². The predicted octanol–water partition coefficient (Wildman–Crippen LogP) is 4.89. The highest BCUT2D eigenvalue weighted by molar-refractivity contribution is 7.89. The summed E-state index contributed by atoms with van der Waals surface area (Å²) in [4.78, 5) is 40.2. The number of carbonyl (C=O) groups excluding carboxylic acids is 3. The van der Waals surface area contributed by atoms with Crippen LogP contribution in [-0.2, 0) is 26.7 Å². The van der Waals surface area contributed by atoms with Crippen molar-refractivity contribution in [3.05, 3.63) is 59.2 Å². The topological polar surface area (TPSA) is 113 Å². The lowest BCUT2D eigenvalue weighted by molar-refractivity contribution is -0.134. The summed E-state index contributed by atoms with van der Waals surface area (Å²) in [5.74, 6) is -0.130. The average molecular weight is 572 g/mol. The van der Waals surface area contributed by atoms with Crippen molar-refractivity contribution in [1.82, 2.24) is 14.5 Å². The van der Waals surface area contributed by atoms with Gasteiger partial charge in [-0.25, -0.2) is 17.5 Å². The van der Waals surface area contributed by atoms with Crippen LogP contribution in [0.2, 0.25) is 0 Å². The van der Waals surface area contributed by atoms with Crippen molar-refractivity contribution >= 4 is 27.9 Å². The fourth-order valence-corrected chi connectivity index (χ4v) is 6.18. The number of rotatable bonds is 7. The Morgan fingerprint density at radius 1 is 1.05 bits per heavy atom. The van der Waals surface area contributed by atoms with E-state index in [1.807, 2.05) is 13.8 Å². The maximum absolute atomic E-state index is 13.2. The van der Waals surface area contributed by atoms with E-state index in [0.29, 0.717) is 23.3 Å². The van der Waals surface area contributed by atoms with E-state index >= 15 is 0 Å². The number of nitrogens with one attached hydrogen (secondary N) is 1. The first-order valence-corrected chi connectivity index (χ1v) is 15.3. The molecule has 10 heteroatoms. The van der Waals surface area contributed by atoms with E-state index in [1.165, 1.54) is 31.2 Å². The zero-order chi connectivity index (χ0) is 29.7. The third-order valence-electron chi connectivity index (χ3n) is 7.58. The van der Waals surface area contributed by atoms with Crippen molar-refractivity contribution in [2.45, 2.75) is 82.6 Å². The first-order valence-electron chi connectivity index (χ1n) is 13.9. The number of carbonyl (C=O) groups is 3. The first-order chi connectivity index (χ1) is 19.0. The second-order valence-corrected chi connectivity index (χ2v) is 12.4. The minimum atomic E-state index is -4.02. The van der Waals surface area contributed by atoms with E-state index in [9.17, 15) is 22.8 Å². The van der Waals surface area contributed by atoms with Gasteiger partial charge in [0.25, 0.3) is 15.9 Å². The monoisotopic (exact) mass is 571 g/mol. The molecule has 0 atom stereocenters. The van der Waals surface area contributed by atoms with Crippen molar-refractivity contribution in [2.75, 3.05) is 20.7 Å². The van der Waals surface area contributed by atoms with Gasteiger partial charge in [-0.2, -0.15) is 0 Å². The third-order valence-corrected chi connectivity index (χ3v) is 9.33. The van der Waals surface area contributed by atoms with E-state index in [2.05, 4.69) is 5.32 Å². The Morgan fingerprint density at radius 3 is 2.27 bits per heavy atom. The van der Waals surface area contributed by atoms with Crippen molar-refractivity contribution in [1.29, 1.82) is 0 Å². The predicted molar refractivity (Wildman–Crippen MR) is 154 cm³/mol. The van der Waals surface area contributed by atoms with Crippen LogP contribution in [0, 0.1) is 0 Å². The number of hydrogen-bond donors (Lipinski definition) is 1. The fraction of sp³-hybridized carbons (Fsp3) is 0.500. The molecule has 1 N–H and O–H groups in total. The Balaban J connectivity index is 0.00000216. The zero-order valence-corrected chi connectivity index (χ0v) is 25.1. The van der Waals surface area contributed by atoms with Crippen LogP contribution in [0.25, 0.3) is 0 Å². The summed E-state index contributed by atoms with van der Waals surface area (Å²) in [5.41, 5.74) is 0.977. The molecule has 0 radical (unpaired) electrons. The zero-order valence-electron chi connectivity index (χ0n) is 24.3. The van der Waals surface area contributed by atoms with Crippen molar-refractivity contribution in [3.63, 3.8) is 0 Å². The van der Waals surface area contributed by atoms with Crippen LogP contribution in [-0.4, -0.2) is 62.2 Å². The van der Waals surface area contributed by atoms with E-state index in [0.717, 1.165) is 42.0 Å². The minimum absolute atomic E-state index is 0.00479. The van der Waals surface area contributed by atoms with Gasteiger partial charge in [0.1, 0.15) is 5.75 Å². The molecule has 0 spiro atoms. The molecule has 2 aromatic rings. The van der Waals surface area contributed by atoms with Crippen LogP contribution < -0.4 is 10.1 Å². The minimum Gasteiger partial charge on any atom is -0.497 e. The van der Waals surface area contributed by atoms with Crippen LogP contribution in [0.4, 0.5) is 4.79 Å². The van der Waals surface area contributed by atoms with Crippen LogP contribution in [0.1, 0.15) is 81.3 Å². The molecule has 4 amide bonds. The van der Waals surface area contributed by atoms with Gasteiger partial charge in [0.2, 0.25) is 5.91 Å². The molecule has 0 saturated heterocycles. The Bertz CT molecular complexity index is 1330. The second-order valence-electron chi connectivity index (χ2n) is 10.4. The Labute approximate surface area is 237 Å². The first kappa shape index (κ1) is 31.1. The molecular weight excluding hydrogens is 530 g/mol. The summed E-state index contributed by atoms with van der Waals surface area (Å²) in [7, 11) is -1.25. The second kappa shape index (κ2) is 12.8. The lowest BCUT2D eigenvalue weighted by Gasteiger charge is -2.37. The van der Waals surface area contributed by atoms with Gasteiger partial charge in [-0.3, -0.25) is 14.5 Å². The Hall–Kier alpha value is -3.40. The maximum Gasteiger partial charge on any atom is 0.331 e.